The molecular weight excluding hydrogens is 355 g/mol. The molecule has 2 aromatic rings. The molecule has 0 spiro atoms. The van der Waals surface area contributed by atoms with Crippen LogP contribution in [0.15, 0.2) is 36.4 Å². The molecule has 0 amide bonds. The van der Waals surface area contributed by atoms with Gasteiger partial charge in [-0.25, -0.2) is 0 Å². The van der Waals surface area contributed by atoms with Crippen molar-refractivity contribution in [2.75, 3.05) is 26.2 Å². The van der Waals surface area contributed by atoms with Gasteiger partial charge in [-0.2, -0.15) is 0 Å². The monoisotopic (exact) mass is 384 g/mol. The molecule has 1 aliphatic rings. The van der Waals surface area contributed by atoms with E-state index in [1.807, 2.05) is 18.2 Å². The maximum atomic E-state index is 10.2. The van der Waals surface area contributed by atoms with Crippen molar-refractivity contribution in [3.05, 3.63) is 42.0 Å². The van der Waals surface area contributed by atoms with Gasteiger partial charge in [-0.1, -0.05) is 56.5 Å². The van der Waals surface area contributed by atoms with Gasteiger partial charge in [-0.05, 0) is 23.4 Å². The van der Waals surface area contributed by atoms with E-state index in [1.54, 1.807) is 0 Å². The van der Waals surface area contributed by atoms with E-state index in [1.165, 1.54) is 36.6 Å². The number of rotatable bonds is 6. The summed E-state index contributed by atoms with van der Waals surface area (Å²) in [5.74, 6) is 0.386. The SMILES string of the molecule is CCCCC[C@H](c1ccc(O)c2ccccc12)N1CCNCC1.Cl.Cl. The number of hydrogen-bond donors (Lipinski definition) is 2. The molecule has 1 atom stereocenters. The number of phenolic OH excluding ortho intramolecular Hbond substituents is 1. The summed E-state index contributed by atoms with van der Waals surface area (Å²) < 4.78 is 0. The molecule has 2 aromatic carbocycles. The van der Waals surface area contributed by atoms with Crippen LogP contribution >= 0.6 is 24.8 Å². The van der Waals surface area contributed by atoms with Crippen molar-refractivity contribution in [3.63, 3.8) is 0 Å². The van der Waals surface area contributed by atoms with Gasteiger partial charge >= 0.3 is 0 Å². The zero-order valence-electron chi connectivity index (χ0n) is 14.9. The largest absolute Gasteiger partial charge is 0.507 e. The van der Waals surface area contributed by atoms with E-state index >= 15 is 0 Å². The number of benzene rings is 2. The Morgan fingerprint density at radius 1 is 1.00 bits per heavy atom. The zero-order chi connectivity index (χ0) is 16.1. The molecule has 5 heteroatoms. The van der Waals surface area contributed by atoms with E-state index in [4.69, 9.17) is 0 Å². The Hall–Kier alpha value is -1.000. The van der Waals surface area contributed by atoms with Crippen molar-refractivity contribution >= 4 is 35.6 Å². The van der Waals surface area contributed by atoms with Crippen LogP contribution in [-0.4, -0.2) is 36.2 Å². The van der Waals surface area contributed by atoms with E-state index < -0.39 is 0 Å². The predicted octanol–water partition coefficient (Wildman–Crippen LogP) is 4.92. The van der Waals surface area contributed by atoms with Crippen molar-refractivity contribution in [2.45, 2.75) is 38.6 Å². The molecule has 1 aliphatic heterocycles. The maximum absolute atomic E-state index is 10.2. The van der Waals surface area contributed by atoms with Gasteiger partial charge in [0.2, 0.25) is 0 Å². The minimum Gasteiger partial charge on any atom is -0.507 e. The van der Waals surface area contributed by atoms with Crippen LogP contribution in [0.2, 0.25) is 0 Å². The lowest BCUT2D eigenvalue weighted by molar-refractivity contribution is 0.163. The Kier molecular flexibility index (Phi) is 9.58. The molecule has 25 heavy (non-hydrogen) atoms. The number of nitrogens with zero attached hydrogens (tertiary/aromatic N) is 1. The number of hydrogen-bond acceptors (Lipinski definition) is 3. The summed E-state index contributed by atoms with van der Waals surface area (Å²) >= 11 is 0. The van der Waals surface area contributed by atoms with Crippen molar-refractivity contribution in [1.82, 2.24) is 10.2 Å². The van der Waals surface area contributed by atoms with Crippen molar-refractivity contribution in [3.8, 4) is 5.75 Å². The molecule has 1 heterocycles. The summed E-state index contributed by atoms with van der Waals surface area (Å²) in [6.07, 6.45) is 5.01. The Morgan fingerprint density at radius 2 is 1.68 bits per heavy atom. The first-order chi connectivity index (χ1) is 11.3. The molecule has 3 rings (SSSR count). The van der Waals surface area contributed by atoms with Crippen molar-refractivity contribution in [2.24, 2.45) is 0 Å². The first kappa shape index (κ1) is 22.0. The summed E-state index contributed by atoms with van der Waals surface area (Å²) in [4.78, 5) is 2.62. The molecule has 0 saturated carbocycles. The smallest absolute Gasteiger partial charge is 0.123 e. The topological polar surface area (TPSA) is 35.5 Å². The fraction of sp³-hybridized carbons (Fsp3) is 0.500. The van der Waals surface area contributed by atoms with Crippen LogP contribution in [0.25, 0.3) is 10.8 Å². The zero-order valence-corrected chi connectivity index (χ0v) is 16.5. The quantitative estimate of drug-likeness (QED) is 0.693. The molecule has 140 valence electrons. The Balaban J connectivity index is 0.00000156. The third-order valence-electron chi connectivity index (χ3n) is 4.97. The van der Waals surface area contributed by atoms with E-state index in [-0.39, 0.29) is 24.8 Å². The highest BCUT2D eigenvalue weighted by Crippen LogP contribution is 2.35. The van der Waals surface area contributed by atoms with Gasteiger partial charge in [-0.15, -0.1) is 24.8 Å². The van der Waals surface area contributed by atoms with Gasteiger partial charge in [0.15, 0.2) is 0 Å². The van der Waals surface area contributed by atoms with Crippen molar-refractivity contribution < 1.29 is 5.11 Å². The van der Waals surface area contributed by atoms with Crippen LogP contribution in [-0.2, 0) is 0 Å². The van der Waals surface area contributed by atoms with E-state index in [0.29, 0.717) is 11.8 Å². The maximum Gasteiger partial charge on any atom is 0.123 e. The molecule has 2 N–H and O–H groups in total. The molecular formula is C20H30Cl2N2O. The number of nitrogens with one attached hydrogen (secondary N) is 1. The van der Waals surface area contributed by atoms with Gasteiger partial charge in [0.25, 0.3) is 0 Å². The lowest BCUT2D eigenvalue weighted by atomic mass is 9.93. The summed E-state index contributed by atoms with van der Waals surface area (Å²) in [6.45, 7) is 6.61. The van der Waals surface area contributed by atoms with Crippen LogP contribution in [0.5, 0.6) is 5.75 Å². The number of unbranched alkanes of at least 4 members (excludes halogenated alkanes) is 2. The third-order valence-corrected chi connectivity index (χ3v) is 4.97. The second kappa shape index (κ2) is 10.9. The fourth-order valence-electron chi connectivity index (χ4n) is 3.71. The highest BCUT2D eigenvalue weighted by Gasteiger charge is 2.23. The highest BCUT2D eigenvalue weighted by atomic mass is 35.5. The first-order valence-electron chi connectivity index (χ1n) is 8.96. The first-order valence-corrected chi connectivity index (χ1v) is 8.96. The minimum atomic E-state index is 0. The minimum absolute atomic E-state index is 0. The van der Waals surface area contributed by atoms with E-state index in [9.17, 15) is 5.11 Å². The second-order valence-electron chi connectivity index (χ2n) is 6.52. The van der Waals surface area contributed by atoms with Gasteiger partial charge in [-0.3, -0.25) is 4.90 Å². The molecule has 1 saturated heterocycles. The standard InChI is InChI=1S/C20H28N2O.2ClH/c1-2-3-4-9-19(22-14-12-21-13-15-22)17-10-11-20(23)18-8-6-5-7-16(17)18;;/h5-8,10-11,19,21,23H,2-4,9,12-15H2,1H3;2*1H/t19-;;/m1../s1. The van der Waals surface area contributed by atoms with E-state index in [0.717, 1.165) is 31.6 Å². The summed E-state index contributed by atoms with van der Waals surface area (Å²) in [7, 11) is 0. The van der Waals surface area contributed by atoms with Crippen LogP contribution in [0.3, 0.4) is 0 Å². The molecule has 0 aliphatic carbocycles. The predicted molar refractivity (Wildman–Crippen MR) is 111 cm³/mol. The van der Waals surface area contributed by atoms with Crippen molar-refractivity contribution in [1.29, 1.82) is 0 Å². The van der Waals surface area contributed by atoms with E-state index in [2.05, 4.69) is 35.3 Å². The van der Waals surface area contributed by atoms with Crippen LogP contribution in [0.1, 0.15) is 44.2 Å². The molecule has 3 nitrogen and oxygen atoms in total. The van der Waals surface area contributed by atoms with Crippen LogP contribution in [0, 0.1) is 0 Å². The summed E-state index contributed by atoms with van der Waals surface area (Å²) in [6, 6.07) is 12.7. The second-order valence-corrected chi connectivity index (χ2v) is 6.52. The molecule has 0 radical (unpaired) electrons. The Bertz CT molecular complexity index is 645. The molecule has 0 aromatic heterocycles. The van der Waals surface area contributed by atoms with Gasteiger partial charge in [0, 0.05) is 37.6 Å². The fourth-order valence-corrected chi connectivity index (χ4v) is 3.71. The number of halogens is 2. The number of phenols is 1. The highest BCUT2D eigenvalue weighted by molar-refractivity contribution is 5.91. The molecule has 0 unspecified atom stereocenters. The van der Waals surface area contributed by atoms with Crippen LogP contribution in [0.4, 0.5) is 0 Å². The summed E-state index contributed by atoms with van der Waals surface area (Å²) in [5, 5.41) is 15.8. The summed E-state index contributed by atoms with van der Waals surface area (Å²) in [5.41, 5.74) is 1.37. The average molecular weight is 385 g/mol. The normalized spacial score (nSPS) is 16.0. The Morgan fingerprint density at radius 3 is 2.36 bits per heavy atom. The molecule has 0 bridgehead atoms. The molecule has 1 fully saturated rings. The van der Waals surface area contributed by atoms with Crippen LogP contribution < -0.4 is 5.32 Å². The van der Waals surface area contributed by atoms with Gasteiger partial charge in [0.05, 0.1) is 0 Å². The Labute approximate surface area is 163 Å². The van der Waals surface area contributed by atoms with Gasteiger partial charge < -0.3 is 10.4 Å². The average Bonchev–Trinajstić information content (AvgIpc) is 2.61. The van der Waals surface area contributed by atoms with Gasteiger partial charge in [0.1, 0.15) is 5.75 Å². The lowest BCUT2D eigenvalue weighted by Gasteiger charge is -2.36. The number of aromatic hydroxyl groups is 1. The number of piperazine rings is 1. The third kappa shape index (κ3) is 5.24. The lowest BCUT2D eigenvalue weighted by Crippen LogP contribution is -2.45. The number of fused-ring (bicyclic) bond motifs is 1.